The van der Waals surface area contributed by atoms with Gasteiger partial charge < -0.3 is 4.79 Å². The van der Waals surface area contributed by atoms with Crippen LogP contribution in [0.2, 0.25) is 0 Å². The number of carbonyl (C=O) groups excluding carboxylic acids is 1. The van der Waals surface area contributed by atoms with Gasteiger partial charge >= 0.3 is 0 Å². The van der Waals surface area contributed by atoms with E-state index >= 15 is 0 Å². The second-order valence-electron chi connectivity index (χ2n) is 6.42. The normalized spacial score (nSPS) is 12.5. The molecule has 0 aromatic heterocycles. The van der Waals surface area contributed by atoms with E-state index in [0.29, 0.717) is 6.42 Å². The fourth-order valence-electron chi connectivity index (χ4n) is 2.94. The predicted molar refractivity (Wildman–Crippen MR) is 89.3 cm³/mol. The lowest BCUT2D eigenvalue weighted by molar-refractivity contribution is -0.118. The molecular formula is C20H21NO. The first-order chi connectivity index (χ1) is 10.4. The third-order valence-corrected chi connectivity index (χ3v) is 3.97. The lowest BCUT2D eigenvalue weighted by Gasteiger charge is -2.29. The summed E-state index contributed by atoms with van der Waals surface area (Å²) in [5.74, 6) is -0.174. The largest absolute Gasteiger partial charge is 0.300 e. The molecule has 2 rings (SSSR count). The van der Waals surface area contributed by atoms with Crippen LogP contribution >= 0.6 is 0 Å². The molecule has 22 heavy (non-hydrogen) atoms. The molecule has 112 valence electrons. The molecule has 2 aromatic carbocycles. The van der Waals surface area contributed by atoms with Crippen molar-refractivity contribution in [2.75, 3.05) is 0 Å². The highest BCUT2D eigenvalue weighted by molar-refractivity contribution is 5.76. The quantitative estimate of drug-likeness (QED) is 0.780. The van der Waals surface area contributed by atoms with Crippen LogP contribution in [-0.4, -0.2) is 5.78 Å². The van der Waals surface area contributed by atoms with Crippen molar-refractivity contribution in [3.63, 3.8) is 0 Å². The van der Waals surface area contributed by atoms with Crippen molar-refractivity contribution < 1.29 is 4.79 Å². The molecule has 0 aliphatic carbocycles. The highest BCUT2D eigenvalue weighted by atomic mass is 16.1. The first kappa shape index (κ1) is 16.0. The van der Waals surface area contributed by atoms with Gasteiger partial charge in [-0.2, -0.15) is 5.26 Å². The molecule has 0 radical (unpaired) electrons. The van der Waals surface area contributed by atoms with Gasteiger partial charge in [0.1, 0.15) is 5.78 Å². The second-order valence-corrected chi connectivity index (χ2v) is 6.42. The fraction of sp³-hybridized carbons (Fsp3) is 0.300. The van der Waals surface area contributed by atoms with Gasteiger partial charge in [0.15, 0.2) is 0 Å². The minimum Gasteiger partial charge on any atom is -0.300 e. The average Bonchev–Trinajstić information content (AvgIpc) is 2.48. The van der Waals surface area contributed by atoms with E-state index in [-0.39, 0.29) is 17.1 Å². The number of hydrogen-bond donors (Lipinski definition) is 0. The number of nitrogens with zero attached hydrogens (tertiary/aromatic N) is 1. The van der Waals surface area contributed by atoms with Crippen molar-refractivity contribution >= 4 is 5.78 Å². The summed E-state index contributed by atoms with van der Waals surface area (Å²) in [6.45, 7) is 5.54. The molecule has 0 fully saturated rings. The van der Waals surface area contributed by atoms with Crippen LogP contribution < -0.4 is 0 Å². The van der Waals surface area contributed by atoms with Crippen molar-refractivity contribution in [2.24, 2.45) is 5.41 Å². The van der Waals surface area contributed by atoms with Gasteiger partial charge in [0, 0.05) is 6.42 Å². The Hall–Kier alpha value is -2.40. The maximum absolute atomic E-state index is 11.4. The first-order valence-corrected chi connectivity index (χ1v) is 7.48. The van der Waals surface area contributed by atoms with Crippen molar-refractivity contribution in [3.05, 3.63) is 60.2 Å². The number of carbonyl (C=O) groups is 1. The molecule has 0 spiro atoms. The molecule has 0 amide bonds. The number of Topliss-reactive ketones (excluding diaryl/α,β-unsaturated/α-hetero) is 1. The lowest BCUT2D eigenvalue weighted by Crippen LogP contribution is -2.23. The molecule has 0 saturated carbocycles. The van der Waals surface area contributed by atoms with Crippen molar-refractivity contribution in [1.29, 1.82) is 5.26 Å². The molecule has 0 heterocycles. The summed E-state index contributed by atoms with van der Waals surface area (Å²) >= 11 is 0. The van der Waals surface area contributed by atoms with E-state index in [1.54, 1.807) is 6.92 Å². The Labute approximate surface area is 132 Å². The minimum atomic E-state index is -0.366. The molecule has 1 unspecified atom stereocenters. The van der Waals surface area contributed by atoms with Crippen LogP contribution in [0.5, 0.6) is 0 Å². The molecule has 1 atom stereocenters. The van der Waals surface area contributed by atoms with Crippen LogP contribution in [-0.2, 0) is 4.79 Å². The van der Waals surface area contributed by atoms with E-state index in [4.69, 9.17) is 0 Å². The van der Waals surface area contributed by atoms with E-state index in [2.05, 4.69) is 18.2 Å². The molecule has 0 saturated heterocycles. The van der Waals surface area contributed by atoms with E-state index < -0.39 is 0 Å². The minimum absolute atomic E-state index is 0.117. The molecule has 2 nitrogen and oxygen atoms in total. The number of rotatable bonds is 5. The lowest BCUT2D eigenvalue weighted by atomic mass is 9.72. The van der Waals surface area contributed by atoms with E-state index in [1.807, 2.05) is 56.3 Å². The Balaban J connectivity index is 2.29. The van der Waals surface area contributed by atoms with Gasteiger partial charge in [0.25, 0.3) is 0 Å². The maximum Gasteiger partial charge on any atom is 0.130 e. The zero-order valence-electron chi connectivity index (χ0n) is 13.3. The predicted octanol–water partition coefficient (Wildman–Crippen LogP) is 4.97. The van der Waals surface area contributed by atoms with Crippen LogP contribution in [0, 0.1) is 16.7 Å². The highest BCUT2D eigenvalue weighted by Gasteiger charge is 2.32. The average molecular weight is 291 g/mol. The number of ketones is 1. The van der Waals surface area contributed by atoms with E-state index in [9.17, 15) is 10.1 Å². The van der Waals surface area contributed by atoms with Crippen molar-refractivity contribution in [1.82, 2.24) is 0 Å². The maximum atomic E-state index is 11.4. The summed E-state index contributed by atoms with van der Waals surface area (Å²) < 4.78 is 0. The molecule has 0 aliphatic rings. The molecular weight excluding hydrogens is 270 g/mol. The zero-order chi connectivity index (χ0) is 16.2. The summed E-state index contributed by atoms with van der Waals surface area (Å²) in [5.41, 5.74) is 2.89. The monoisotopic (exact) mass is 291 g/mol. The summed E-state index contributed by atoms with van der Waals surface area (Å²) in [6.07, 6.45) is 0.408. The van der Waals surface area contributed by atoms with Crippen LogP contribution in [0.3, 0.4) is 0 Å². The topological polar surface area (TPSA) is 40.9 Å². The Morgan fingerprint density at radius 2 is 1.59 bits per heavy atom. The van der Waals surface area contributed by atoms with Gasteiger partial charge in [-0.3, -0.25) is 0 Å². The van der Waals surface area contributed by atoms with Crippen LogP contribution in [0.15, 0.2) is 54.6 Å². The van der Waals surface area contributed by atoms with E-state index in [1.165, 1.54) is 0 Å². The van der Waals surface area contributed by atoms with Gasteiger partial charge in [-0.1, -0.05) is 68.4 Å². The molecule has 0 aliphatic heterocycles. The standard InChI is InChI=1S/C20H21NO/c1-15(22)13-20(2,3)19(14-21)18-11-9-17(10-12-18)16-7-5-4-6-8-16/h4-12,19H,13H2,1-3H3. The Morgan fingerprint density at radius 3 is 2.09 bits per heavy atom. The molecule has 2 aromatic rings. The van der Waals surface area contributed by atoms with Crippen molar-refractivity contribution in [2.45, 2.75) is 33.1 Å². The summed E-state index contributed by atoms with van der Waals surface area (Å²) in [6, 6.07) is 20.6. The van der Waals surface area contributed by atoms with Gasteiger partial charge in [-0.05, 0) is 29.0 Å². The number of hydrogen-bond acceptors (Lipinski definition) is 2. The van der Waals surface area contributed by atoms with Crippen LogP contribution in [0.25, 0.3) is 11.1 Å². The number of benzene rings is 2. The molecule has 0 bridgehead atoms. The van der Waals surface area contributed by atoms with Crippen LogP contribution in [0.1, 0.15) is 38.7 Å². The summed E-state index contributed by atoms with van der Waals surface area (Å²) in [4.78, 5) is 11.4. The molecule has 2 heteroatoms. The number of nitriles is 1. The fourth-order valence-corrected chi connectivity index (χ4v) is 2.94. The first-order valence-electron chi connectivity index (χ1n) is 7.48. The summed E-state index contributed by atoms with van der Waals surface area (Å²) in [5, 5.41) is 9.55. The SMILES string of the molecule is CC(=O)CC(C)(C)C(C#N)c1ccc(-c2ccccc2)cc1. The Bertz CT molecular complexity index is 678. The third-order valence-electron chi connectivity index (χ3n) is 3.97. The summed E-state index contributed by atoms with van der Waals surface area (Å²) in [7, 11) is 0. The van der Waals surface area contributed by atoms with Crippen LogP contribution in [0.4, 0.5) is 0 Å². The van der Waals surface area contributed by atoms with E-state index in [0.717, 1.165) is 16.7 Å². The van der Waals surface area contributed by atoms with Crippen molar-refractivity contribution in [3.8, 4) is 17.2 Å². The Morgan fingerprint density at radius 1 is 1.05 bits per heavy atom. The van der Waals surface area contributed by atoms with Gasteiger partial charge in [-0.25, -0.2) is 0 Å². The smallest absolute Gasteiger partial charge is 0.130 e. The molecule has 0 N–H and O–H groups in total. The zero-order valence-corrected chi connectivity index (χ0v) is 13.3. The Kier molecular flexibility index (Phi) is 4.78. The van der Waals surface area contributed by atoms with Gasteiger partial charge in [0.2, 0.25) is 0 Å². The van der Waals surface area contributed by atoms with Gasteiger partial charge in [-0.15, -0.1) is 0 Å². The highest BCUT2D eigenvalue weighted by Crippen LogP contribution is 2.38. The second kappa shape index (κ2) is 6.58. The van der Waals surface area contributed by atoms with Gasteiger partial charge in [0.05, 0.1) is 12.0 Å². The third kappa shape index (κ3) is 3.62.